The molecule has 0 spiro atoms. The van der Waals surface area contributed by atoms with E-state index in [9.17, 15) is 0 Å². The van der Waals surface area contributed by atoms with Crippen LogP contribution in [0, 0.1) is 0 Å². The third kappa shape index (κ3) is 4.15. The molecule has 2 N–H and O–H groups in total. The predicted octanol–water partition coefficient (Wildman–Crippen LogP) is 6.90. The number of nitrogens with zero attached hydrogens (tertiary/aromatic N) is 3. The number of amidine groups is 1. The normalized spacial score (nSPS) is 14.7. The van der Waals surface area contributed by atoms with E-state index < -0.39 is 0 Å². The monoisotopic (exact) mass is 456 g/mol. The Bertz CT molecular complexity index is 1380. The van der Waals surface area contributed by atoms with Crippen molar-refractivity contribution in [1.82, 2.24) is 0 Å². The lowest BCUT2D eigenvalue weighted by Crippen LogP contribution is -2.41. The Morgan fingerprint density at radius 3 is 1.66 bits per heavy atom. The Kier molecular flexibility index (Phi) is 5.79. The molecule has 0 unspecified atom stereocenters. The van der Waals surface area contributed by atoms with E-state index in [0.29, 0.717) is 17.5 Å². The van der Waals surface area contributed by atoms with Crippen molar-refractivity contribution < 1.29 is 0 Å². The molecule has 0 atom stereocenters. The van der Waals surface area contributed by atoms with E-state index >= 15 is 0 Å². The van der Waals surface area contributed by atoms with Crippen molar-refractivity contribution >= 4 is 28.9 Å². The summed E-state index contributed by atoms with van der Waals surface area (Å²) < 4.78 is 0. The van der Waals surface area contributed by atoms with Gasteiger partial charge in [-0.3, -0.25) is 4.90 Å². The van der Waals surface area contributed by atoms with Crippen LogP contribution in [0.25, 0.3) is 5.70 Å². The van der Waals surface area contributed by atoms with Crippen LogP contribution in [-0.2, 0) is 5.41 Å². The van der Waals surface area contributed by atoms with E-state index in [1.807, 2.05) is 77.7 Å². The maximum Gasteiger partial charge on any atom is 0.207 e. The number of rotatable bonds is 3. The highest BCUT2D eigenvalue weighted by Crippen LogP contribution is 2.48. The van der Waals surface area contributed by atoms with Crippen LogP contribution in [0.15, 0.2) is 126 Å². The molecule has 0 bridgehead atoms. The van der Waals surface area contributed by atoms with E-state index in [0.717, 1.165) is 22.5 Å². The quantitative estimate of drug-likeness (QED) is 0.269. The van der Waals surface area contributed by atoms with Crippen LogP contribution in [0.4, 0.5) is 11.4 Å². The Morgan fingerprint density at radius 1 is 0.657 bits per heavy atom. The van der Waals surface area contributed by atoms with Crippen molar-refractivity contribution in [2.45, 2.75) is 19.3 Å². The van der Waals surface area contributed by atoms with Gasteiger partial charge in [0.2, 0.25) is 5.96 Å². The lowest BCUT2D eigenvalue weighted by molar-refractivity contribution is 0.633. The lowest BCUT2D eigenvalue weighted by Gasteiger charge is -2.41. The molecule has 4 aromatic carbocycles. The molecule has 0 saturated heterocycles. The smallest absolute Gasteiger partial charge is 0.207 e. The molecule has 0 aliphatic carbocycles. The van der Waals surface area contributed by atoms with Gasteiger partial charge < -0.3 is 5.73 Å². The Hall–Kier alpha value is -4.44. The van der Waals surface area contributed by atoms with Crippen molar-refractivity contribution in [3.63, 3.8) is 0 Å². The highest BCUT2D eigenvalue weighted by Gasteiger charge is 2.37. The molecule has 35 heavy (non-hydrogen) atoms. The second-order valence-electron chi connectivity index (χ2n) is 9.08. The van der Waals surface area contributed by atoms with Gasteiger partial charge in [-0.1, -0.05) is 117 Å². The minimum atomic E-state index is -0.165. The summed E-state index contributed by atoms with van der Waals surface area (Å²) in [7, 11) is 0. The average molecular weight is 457 g/mol. The van der Waals surface area contributed by atoms with Gasteiger partial charge in [0, 0.05) is 11.0 Å². The Balaban J connectivity index is 1.66. The van der Waals surface area contributed by atoms with Crippen LogP contribution in [-0.4, -0.2) is 11.8 Å². The summed E-state index contributed by atoms with van der Waals surface area (Å²) >= 11 is 0. The van der Waals surface area contributed by atoms with Crippen molar-refractivity contribution in [3.8, 4) is 0 Å². The van der Waals surface area contributed by atoms with Crippen molar-refractivity contribution in [2.75, 3.05) is 4.90 Å². The Morgan fingerprint density at radius 2 is 1.11 bits per heavy atom. The van der Waals surface area contributed by atoms with Gasteiger partial charge in [0.1, 0.15) is 0 Å². The highest BCUT2D eigenvalue weighted by atomic mass is 15.3. The number of nitrogens with two attached hydrogens (primary N) is 1. The summed E-state index contributed by atoms with van der Waals surface area (Å²) in [6.07, 6.45) is 0. The number of aliphatic imine (C=N–C) groups is 2. The standard InChI is InChI=1S/C31H28N4/c1-22(23-14-6-4-7-15-23)33-29(24-16-8-5-9-17-24)34-30(32)35-27-20-12-10-18-25(27)31(2,3)26-19-11-13-21-28(26)35/h4-21H,1H2,2-3H3,(H2,32,33,34). The third-order valence-electron chi connectivity index (χ3n) is 6.47. The number of para-hydroxylation sites is 2. The molecule has 0 radical (unpaired) electrons. The first-order chi connectivity index (χ1) is 17.0. The number of benzene rings is 4. The van der Waals surface area contributed by atoms with Gasteiger partial charge in [-0.25, -0.2) is 4.99 Å². The Labute approximate surface area is 206 Å². The molecule has 1 heterocycles. The van der Waals surface area contributed by atoms with Crippen LogP contribution in [0.3, 0.4) is 0 Å². The average Bonchev–Trinajstić information content (AvgIpc) is 2.89. The van der Waals surface area contributed by atoms with E-state index in [2.05, 4.69) is 56.8 Å². The molecule has 0 amide bonds. The summed E-state index contributed by atoms with van der Waals surface area (Å²) in [5.74, 6) is 0.862. The molecule has 0 aromatic heterocycles. The molecule has 172 valence electrons. The van der Waals surface area contributed by atoms with Gasteiger partial charge >= 0.3 is 0 Å². The van der Waals surface area contributed by atoms with Gasteiger partial charge in [-0.05, 0) is 28.8 Å². The number of hydrogen-bond acceptors (Lipinski definition) is 1. The summed E-state index contributed by atoms with van der Waals surface area (Å²) in [5, 5.41) is 0. The topological polar surface area (TPSA) is 54.0 Å². The summed E-state index contributed by atoms with van der Waals surface area (Å²) in [5.41, 5.74) is 13.5. The maximum atomic E-state index is 6.78. The number of anilines is 2. The van der Waals surface area contributed by atoms with E-state index in [1.54, 1.807) is 0 Å². The van der Waals surface area contributed by atoms with E-state index in [-0.39, 0.29) is 5.41 Å². The van der Waals surface area contributed by atoms with Gasteiger partial charge in [0.15, 0.2) is 5.84 Å². The summed E-state index contributed by atoms with van der Waals surface area (Å²) in [6.45, 7) is 8.68. The van der Waals surface area contributed by atoms with E-state index in [1.165, 1.54) is 11.1 Å². The molecule has 0 fully saturated rings. The molecule has 4 heteroatoms. The number of fused-ring (bicyclic) bond motifs is 2. The van der Waals surface area contributed by atoms with Crippen molar-refractivity contribution in [2.24, 2.45) is 15.7 Å². The molecule has 1 aliphatic rings. The minimum absolute atomic E-state index is 0.165. The molecular formula is C31H28N4. The second kappa shape index (κ2) is 9.07. The summed E-state index contributed by atoms with van der Waals surface area (Å²) in [6, 6.07) is 36.5. The highest BCUT2D eigenvalue weighted by molar-refractivity contribution is 6.14. The first-order valence-corrected chi connectivity index (χ1v) is 11.7. The van der Waals surface area contributed by atoms with Gasteiger partial charge in [-0.2, -0.15) is 4.99 Å². The maximum absolute atomic E-state index is 6.78. The number of hydrogen-bond donors (Lipinski definition) is 1. The zero-order valence-electron chi connectivity index (χ0n) is 20.0. The van der Waals surface area contributed by atoms with Crippen LogP contribution in [0.2, 0.25) is 0 Å². The fourth-order valence-corrected chi connectivity index (χ4v) is 4.64. The molecule has 4 nitrogen and oxygen atoms in total. The molecule has 0 saturated carbocycles. The fourth-order valence-electron chi connectivity index (χ4n) is 4.64. The lowest BCUT2D eigenvalue weighted by atomic mass is 9.74. The predicted molar refractivity (Wildman–Crippen MR) is 147 cm³/mol. The molecule has 5 rings (SSSR count). The SMILES string of the molecule is C=C(/N=C(\N=C(/N)N1c2ccccc2C(C)(C)c2ccccc21)c1ccccc1)c1ccccc1. The van der Waals surface area contributed by atoms with Crippen LogP contribution in [0.5, 0.6) is 0 Å². The van der Waals surface area contributed by atoms with Crippen molar-refractivity contribution in [3.05, 3.63) is 138 Å². The first-order valence-electron chi connectivity index (χ1n) is 11.7. The van der Waals surface area contributed by atoms with Crippen molar-refractivity contribution in [1.29, 1.82) is 0 Å². The molecule has 1 aliphatic heterocycles. The first kappa shape index (κ1) is 22.4. The second-order valence-corrected chi connectivity index (χ2v) is 9.08. The fraction of sp³-hybridized carbons (Fsp3) is 0.0968. The van der Waals surface area contributed by atoms with Gasteiger partial charge in [0.25, 0.3) is 0 Å². The van der Waals surface area contributed by atoms with Crippen LogP contribution >= 0.6 is 0 Å². The van der Waals surface area contributed by atoms with Crippen LogP contribution in [0.1, 0.15) is 36.1 Å². The molecular weight excluding hydrogens is 428 g/mol. The summed E-state index contributed by atoms with van der Waals surface area (Å²) in [4.78, 5) is 11.7. The van der Waals surface area contributed by atoms with E-state index in [4.69, 9.17) is 15.7 Å². The van der Waals surface area contributed by atoms with Gasteiger partial charge in [0.05, 0.1) is 17.1 Å². The van der Waals surface area contributed by atoms with Crippen LogP contribution < -0.4 is 10.6 Å². The van der Waals surface area contributed by atoms with Gasteiger partial charge in [-0.15, -0.1) is 0 Å². The third-order valence-corrected chi connectivity index (χ3v) is 6.47. The molecule has 4 aromatic rings. The minimum Gasteiger partial charge on any atom is -0.369 e. The largest absolute Gasteiger partial charge is 0.369 e. The zero-order chi connectivity index (χ0) is 24.4. The zero-order valence-corrected chi connectivity index (χ0v) is 20.0. The number of guanidine groups is 1.